The Morgan fingerprint density at radius 1 is 1.26 bits per heavy atom. The summed E-state index contributed by atoms with van der Waals surface area (Å²) in [5.41, 5.74) is 1.48. The summed E-state index contributed by atoms with van der Waals surface area (Å²) in [5.74, 6) is 2.32. The number of piperidine rings is 1. The molecule has 34 heavy (non-hydrogen) atoms. The van der Waals surface area contributed by atoms with Crippen molar-refractivity contribution in [2.45, 2.75) is 79.8 Å². The van der Waals surface area contributed by atoms with Crippen molar-refractivity contribution in [2.75, 3.05) is 22.6 Å². The molecule has 3 aliphatic heterocycles. The van der Waals surface area contributed by atoms with Crippen LogP contribution in [-0.2, 0) is 17.2 Å². The highest BCUT2D eigenvalue weighted by molar-refractivity contribution is 7.85. The summed E-state index contributed by atoms with van der Waals surface area (Å²) in [6, 6.07) is 2.90. The molecule has 10 heteroatoms. The number of aromatic nitrogens is 3. The van der Waals surface area contributed by atoms with E-state index < -0.39 is 16.3 Å². The smallest absolute Gasteiger partial charge is 0.149 e. The van der Waals surface area contributed by atoms with Crippen LogP contribution < -0.4 is 10.2 Å². The first-order chi connectivity index (χ1) is 16.5. The Balaban J connectivity index is 1.39. The molecule has 1 saturated carbocycles. The van der Waals surface area contributed by atoms with E-state index in [0.29, 0.717) is 39.2 Å². The summed E-state index contributed by atoms with van der Waals surface area (Å²) in [7, 11) is -1.19. The third-order valence-corrected chi connectivity index (χ3v) is 9.72. The van der Waals surface area contributed by atoms with Crippen LogP contribution in [0.5, 0.6) is 0 Å². The lowest BCUT2D eigenvalue weighted by molar-refractivity contribution is 0.144. The zero-order valence-electron chi connectivity index (χ0n) is 18.8. The molecule has 3 fully saturated rings. The standard InChI is InChI=1S/C24H27ClN6O2S/c25-15-11-27-22(28-12-15)14-8-16-2-3-17(9-14)31(16)23-18(10-26)20(30-24(13-32)5-1-6-24)21-19(29-23)4-7-34(21)33/h11-12,14,16-17,32H,1-9,13H2,(H,29,30)/t14?,16?,17?,34-/m1/s1. The number of nitrogens with zero attached hydrogens (tertiary/aromatic N) is 5. The highest BCUT2D eigenvalue weighted by Gasteiger charge is 2.45. The first kappa shape index (κ1) is 22.2. The summed E-state index contributed by atoms with van der Waals surface area (Å²) in [6.07, 6.45) is 10.5. The summed E-state index contributed by atoms with van der Waals surface area (Å²) in [4.78, 5) is 16.9. The first-order valence-electron chi connectivity index (χ1n) is 12.0. The quantitative estimate of drug-likeness (QED) is 0.645. The molecule has 1 aliphatic carbocycles. The summed E-state index contributed by atoms with van der Waals surface area (Å²) in [5, 5.41) is 24.4. The van der Waals surface area contributed by atoms with Gasteiger partial charge in [-0.05, 0) is 44.9 Å². The Morgan fingerprint density at radius 2 is 1.97 bits per heavy atom. The van der Waals surface area contributed by atoms with E-state index in [-0.39, 0.29) is 24.6 Å². The van der Waals surface area contributed by atoms with E-state index >= 15 is 0 Å². The average Bonchev–Trinajstić information content (AvgIpc) is 3.31. The van der Waals surface area contributed by atoms with Crippen molar-refractivity contribution in [1.82, 2.24) is 15.0 Å². The normalized spacial score (nSPS) is 28.8. The number of halogens is 1. The number of nitrogens with one attached hydrogen (secondary N) is 1. The first-order valence-corrected chi connectivity index (χ1v) is 13.7. The fourth-order valence-corrected chi connectivity index (χ4v) is 7.65. The number of rotatable bonds is 5. The minimum atomic E-state index is -1.19. The van der Waals surface area contributed by atoms with Gasteiger partial charge in [0, 0.05) is 42.6 Å². The van der Waals surface area contributed by atoms with E-state index in [4.69, 9.17) is 16.6 Å². The Morgan fingerprint density at radius 3 is 2.56 bits per heavy atom. The Hall–Kier alpha value is -2.28. The number of fused-ring (bicyclic) bond motifs is 3. The van der Waals surface area contributed by atoms with Gasteiger partial charge in [0.1, 0.15) is 23.3 Å². The van der Waals surface area contributed by atoms with Gasteiger partial charge < -0.3 is 15.3 Å². The lowest BCUT2D eigenvalue weighted by Crippen LogP contribution is -2.49. The zero-order chi connectivity index (χ0) is 23.4. The van der Waals surface area contributed by atoms with Gasteiger partial charge in [-0.2, -0.15) is 5.26 Å². The fraction of sp³-hybridized carbons (Fsp3) is 0.583. The molecule has 6 rings (SSSR count). The van der Waals surface area contributed by atoms with Gasteiger partial charge in [0.2, 0.25) is 0 Å². The van der Waals surface area contributed by atoms with Gasteiger partial charge >= 0.3 is 0 Å². The average molecular weight is 499 g/mol. The number of aryl methyl sites for hydroxylation is 1. The van der Waals surface area contributed by atoms with E-state index in [1.54, 1.807) is 12.4 Å². The molecule has 3 atom stereocenters. The maximum Gasteiger partial charge on any atom is 0.149 e. The van der Waals surface area contributed by atoms with E-state index in [9.17, 15) is 14.6 Å². The van der Waals surface area contributed by atoms with Crippen molar-refractivity contribution >= 4 is 33.9 Å². The molecule has 2 N–H and O–H groups in total. The molecule has 4 aliphatic rings. The number of anilines is 2. The van der Waals surface area contributed by atoms with Gasteiger partial charge in [-0.3, -0.25) is 4.21 Å². The van der Waals surface area contributed by atoms with Gasteiger partial charge in [0.15, 0.2) is 0 Å². The van der Waals surface area contributed by atoms with Crippen molar-refractivity contribution in [1.29, 1.82) is 5.26 Å². The van der Waals surface area contributed by atoms with Gasteiger partial charge in [-0.25, -0.2) is 15.0 Å². The minimum Gasteiger partial charge on any atom is -0.394 e. The van der Waals surface area contributed by atoms with Crippen LogP contribution in [0.2, 0.25) is 5.02 Å². The second kappa shape index (κ2) is 8.43. The predicted molar refractivity (Wildman–Crippen MR) is 130 cm³/mol. The Bertz CT molecular complexity index is 1180. The van der Waals surface area contributed by atoms with Crippen LogP contribution in [0, 0.1) is 11.3 Å². The molecule has 178 valence electrons. The van der Waals surface area contributed by atoms with Gasteiger partial charge in [-0.1, -0.05) is 11.6 Å². The van der Waals surface area contributed by atoms with E-state index in [1.165, 1.54) is 0 Å². The van der Waals surface area contributed by atoms with Crippen LogP contribution in [0.1, 0.15) is 67.9 Å². The topological polar surface area (TPSA) is 115 Å². The SMILES string of the molecule is N#Cc1c(N2C3CCC2CC(c2ncc(Cl)cn2)C3)nc2c(c1NC1(CO)CCC1)[S@](=O)CC2. The second-order valence-corrected chi connectivity index (χ2v) is 12.0. The third-order valence-electron chi connectivity index (χ3n) is 8.05. The number of hydrogen-bond acceptors (Lipinski definition) is 8. The number of aliphatic hydroxyl groups excluding tert-OH is 1. The van der Waals surface area contributed by atoms with Crippen LogP contribution in [0.3, 0.4) is 0 Å². The molecule has 2 bridgehead atoms. The predicted octanol–water partition coefficient (Wildman–Crippen LogP) is 3.30. The number of aliphatic hydroxyl groups is 1. The van der Waals surface area contributed by atoms with E-state index in [1.807, 2.05) is 0 Å². The molecule has 0 amide bonds. The van der Waals surface area contributed by atoms with Crippen LogP contribution in [-0.4, -0.2) is 54.2 Å². The summed E-state index contributed by atoms with van der Waals surface area (Å²) in [6.45, 7) is -0.00529. The number of hydrogen-bond donors (Lipinski definition) is 2. The van der Waals surface area contributed by atoms with Crippen LogP contribution in [0.15, 0.2) is 17.3 Å². The van der Waals surface area contributed by atoms with Gasteiger partial charge in [-0.15, -0.1) is 0 Å². The van der Waals surface area contributed by atoms with Crippen LogP contribution in [0.25, 0.3) is 0 Å². The zero-order valence-corrected chi connectivity index (χ0v) is 20.4. The van der Waals surface area contributed by atoms with Crippen molar-refractivity contribution in [3.8, 4) is 6.07 Å². The van der Waals surface area contributed by atoms with Crippen molar-refractivity contribution in [3.63, 3.8) is 0 Å². The van der Waals surface area contributed by atoms with E-state index in [0.717, 1.165) is 56.5 Å². The van der Waals surface area contributed by atoms with Crippen molar-refractivity contribution in [3.05, 3.63) is 34.5 Å². The molecule has 2 aromatic heterocycles. The highest BCUT2D eigenvalue weighted by Crippen LogP contribution is 2.48. The highest BCUT2D eigenvalue weighted by atomic mass is 35.5. The molecular formula is C24H27ClN6O2S. The fourth-order valence-electron chi connectivity index (χ4n) is 6.18. The van der Waals surface area contributed by atoms with Gasteiger partial charge in [0.25, 0.3) is 0 Å². The van der Waals surface area contributed by atoms with E-state index in [2.05, 4.69) is 26.3 Å². The lowest BCUT2D eigenvalue weighted by Gasteiger charge is -2.43. The molecule has 0 aromatic carbocycles. The molecular weight excluding hydrogens is 472 g/mol. The van der Waals surface area contributed by atoms with Crippen molar-refractivity contribution in [2.24, 2.45) is 0 Å². The third kappa shape index (κ3) is 3.50. The number of pyridine rings is 1. The maximum absolute atomic E-state index is 12.9. The maximum atomic E-state index is 12.9. The molecule has 5 heterocycles. The van der Waals surface area contributed by atoms with Crippen LogP contribution >= 0.6 is 11.6 Å². The lowest BCUT2D eigenvalue weighted by atomic mass is 9.77. The molecule has 8 nitrogen and oxygen atoms in total. The monoisotopic (exact) mass is 498 g/mol. The molecule has 2 aromatic rings. The van der Waals surface area contributed by atoms with Crippen LogP contribution in [0.4, 0.5) is 11.5 Å². The summed E-state index contributed by atoms with van der Waals surface area (Å²) < 4.78 is 12.9. The van der Waals surface area contributed by atoms with Crippen molar-refractivity contribution < 1.29 is 9.32 Å². The molecule has 0 spiro atoms. The Kier molecular flexibility index (Phi) is 5.51. The number of nitriles is 1. The largest absolute Gasteiger partial charge is 0.394 e. The molecule has 0 radical (unpaired) electrons. The minimum absolute atomic E-state index is 0.00529. The second-order valence-electron chi connectivity index (χ2n) is 10.0. The van der Waals surface area contributed by atoms with Gasteiger partial charge in [0.05, 0.1) is 44.2 Å². The Labute approximate surface area is 206 Å². The summed E-state index contributed by atoms with van der Waals surface area (Å²) >= 11 is 5.98. The molecule has 2 saturated heterocycles. The molecule has 2 unspecified atom stereocenters.